The topological polar surface area (TPSA) is 117 Å². The number of carbonyl (C=O) groups excluding carboxylic acids is 1. The third kappa shape index (κ3) is 5.53. The summed E-state index contributed by atoms with van der Waals surface area (Å²) in [5.74, 6) is -0.376. The van der Waals surface area contributed by atoms with Crippen molar-refractivity contribution in [2.24, 2.45) is 5.10 Å². The Bertz CT molecular complexity index is 1230. The van der Waals surface area contributed by atoms with Crippen LogP contribution >= 0.6 is 11.6 Å². The summed E-state index contributed by atoms with van der Waals surface area (Å²) in [6, 6.07) is 16.3. The monoisotopic (exact) mass is 459 g/mol. The number of hydrogen-bond acceptors (Lipinski definition) is 6. The Morgan fingerprint density at radius 2 is 1.81 bits per heavy atom. The molecule has 1 amide bonds. The molecule has 31 heavy (non-hydrogen) atoms. The van der Waals surface area contributed by atoms with Crippen LogP contribution in [0.25, 0.3) is 0 Å². The van der Waals surface area contributed by atoms with E-state index in [2.05, 4.69) is 15.2 Å². The maximum Gasteiger partial charge on any atom is 0.273 e. The van der Waals surface area contributed by atoms with Gasteiger partial charge in [-0.2, -0.15) is 5.10 Å². The Morgan fingerprint density at radius 3 is 2.52 bits per heavy atom. The molecule has 3 aromatic rings. The summed E-state index contributed by atoms with van der Waals surface area (Å²) >= 11 is 5.81. The number of para-hydroxylation sites is 1. The minimum atomic E-state index is -3.93. The lowest BCUT2D eigenvalue weighted by Gasteiger charge is -2.11. The smallest absolute Gasteiger partial charge is 0.273 e. The number of amides is 1. The molecule has 0 radical (unpaired) electrons. The van der Waals surface area contributed by atoms with E-state index in [1.165, 1.54) is 55.8 Å². The zero-order valence-electron chi connectivity index (χ0n) is 16.2. The van der Waals surface area contributed by atoms with Crippen LogP contribution in [0.1, 0.15) is 15.9 Å². The maximum atomic E-state index is 12.6. The van der Waals surface area contributed by atoms with Crippen LogP contribution in [0.2, 0.25) is 5.02 Å². The Morgan fingerprint density at radius 1 is 1.10 bits per heavy atom. The zero-order valence-corrected chi connectivity index (χ0v) is 17.8. The third-order valence-corrected chi connectivity index (χ3v) is 5.76. The number of ether oxygens (including phenoxy) is 1. The van der Waals surface area contributed by atoms with Crippen LogP contribution in [0.5, 0.6) is 11.5 Å². The molecule has 0 heterocycles. The van der Waals surface area contributed by atoms with E-state index >= 15 is 0 Å². The molecular formula is C21H18ClN3O5S. The number of anilines is 1. The number of benzene rings is 3. The van der Waals surface area contributed by atoms with Gasteiger partial charge in [-0.05, 0) is 60.2 Å². The number of methoxy groups -OCH3 is 1. The summed E-state index contributed by atoms with van der Waals surface area (Å²) in [4.78, 5) is 12.6. The van der Waals surface area contributed by atoms with Crippen molar-refractivity contribution in [2.45, 2.75) is 4.90 Å². The van der Waals surface area contributed by atoms with Gasteiger partial charge in [0.1, 0.15) is 0 Å². The van der Waals surface area contributed by atoms with Crippen LogP contribution in [0.4, 0.5) is 5.69 Å². The first-order chi connectivity index (χ1) is 14.8. The van der Waals surface area contributed by atoms with Gasteiger partial charge in [-0.25, -0.2) is 13.8 Å². The Balaban J connectivity index is 1.76. The molecule has 0 aromatic heterocycles. The highest BCUT2D eigenvalue weighted by molar-refractivity contribution is 7.92. The van der Waals surface area contributed by atoms with Crippen molar-refractivity contribution in [2.75, 3.05) is 11.8 Å². The molecule has 160 valence electrons. The molecule has 0 aliphatic rings. The van der Waals surface area contributed by atoms with Gasteiger partial charge in [0.2, 0.25) is 0 Å². The van der Waals surface area contributed by atoms with Crippen LogP contribution in [0.3, 0.4) is 0 Å². The van der Waals surface area contributed by atoms with Gasteiger partial charge in [0.25, 0.3) is 15.9 Å². The molecule has 0 atom stereocenters. The molecule has 10 heteroatoms. The summed E-state index contributed by atoms with van der Waals surface area (Å²) in [6.07, 6.45) is 1.36. The molecule has 3 rings (SSSR count). The lowest BCUT2D eigenvalue weighted by atomic mass is 10.2. The van der Waals surface area contributed by atoms with Crippen molar-refractivity contribution in [1.29, 1.82) is 0 Å². The fourth-order valence-electron chi connectivity index (χ4n) is 2.59. The molecular weight excluding hydrogens is 442 g/mol. The summed E-state index contributed by atoms with van der Waals surface area (Å²) in [5.41, 5.74) is 3.10. The second-order valence-electron chi connectivity index (χ2n) is 6.24. The SMILES string of the molecule is COc1cc(C=NNC(=O)c2ccccc2NS(=O)(=O)c2ccc(Cl)cc2)ccc1O. The molecule has 0 aliphatic carbocycles. The van der Waals surface area contributed by atoms with Crippen LogP contribution in [-0.2, 0) is 10.0 Å². The summed E-state index contributed by atoms with van der Waals surface area (Å²) < 4.78 is 32.7. The normalized spacial score (nSPS) is 11.3. The van der Waals surface area contributed by atoms with Gasteiger partial charge >= 0.3 is 0 Å². The first-order valence-electron chi connectivity index (χ1n) is 8.88. The van der Waals surface area contributed by atoms with E-state index in [1.54, 1.807) is 24.3 Å². The standard InChI is InChI=1S/C21H18ClN3O5S/c1-30-20-12-14(6-11-19(20)26)13-23-24-21(27)17-4-2-3-5-18(17)25-31(28,29)16-9-7-15(22)8-10-16/h2-13,25-26H,1H3,(H,24,27). The van der Waals surface area contributed by atoms with Crippen LogP contribution in [0.15, 0.2) is 76.7 Å². The summed E-state index contributed by atoms with van der Waals surface area (Å²) in [6.45, 7) is 0. The number of rotatable bonds is 7. The number of nitrogens with one attached hydrogen (secondary N) is 2. The average Bonchev–Trinajstić information content (AvgIpc) is 2.75. The zero-order chi connectivity index (χ0) is 22.4. The van der Waals surface area contributed by atoms with E-state index in [-0.39, 0.29) is 27.6 Å². The average molecular weight is 460 g/mol. The van der Waals surface area contributed by atoms with Crippen molar-refractivity contribution < 1.29 is 23.1 Å². The van der Waals surface area contributed by atoms with E-state index in [0.717, 1.165) is 0 Å². The molecule has 0 aliphatic heterocycles. The molecule has 0 saturated heterocycles. The van der Waals surface area contributed by atoms with Gasteiger partial charge in [0, 0.05) is 5.02 Å². The van der Waals surface area contributed by atoms with E-state index < -0.39 is 15.9 Å². The number of halogens is 1. The van der Waals surface area contributed by atoms with Crippen molar-refractivity contribution >= 4 is 39.4 Å². The second-order valence-corrected chi connectivity index (χ2v) is 8.35. The fourth-order valence-corrected chi connectivity index (χ4v) is 3.79. The predicted octanol–water partition coefficient (Wildman–Crippen LogP) is 3.62. The van der Waals surface area contributed by atoms with E-state index in [9.17, 15) is 18.3 Å². The first-order valence-corrected chi connectivity index (χ1v) is 10.7. The van der Waals surface area contributed by atoms with Gasteiger partial charge < -0.3 is 9.84 Å². The molecule has 8 nitrogen and oxygen atoms in total. The van der Waals surface area contributed by atoms with Crippen LogP contribution in [-0.4, -0.2) is 32.8 Å². The first kappa shape index (κ1) is 22.1. The van der Waals surface area contributed by atoms with Gasteiger partial charge in [0.15, 0.2) is 11.5 Å². The molecule has 0 spiro atoms. The molecule has 0 fully saturated rings. The highest BCUT2D eigenvalue weighted by Gasteiger charge is 2.18. The minimum absolute atomic E-state index is 0.00593. The van der Waals surface area contributed by atoms with E-state index in [1.807, 2.05) is 0 Å². The Labute approximate surface area is 184 Å². The largest absolute Gasteiger partial charge is 0.504 e. The van der Waals surface area contributed by atoms with Gasteiger partial charge in [-0.3, -0.25) is 9.52 Å². The number of nitrogens with zero attached hydrogens (tertiary/aromatic N) is 1. The van der Waals surface area contributed by atoms with Crippen molar-refractivity contribution in [3.05, 3.63) is 82.9 Å². The molecule has 0 unspecified atom stereocenters. The van der Waals surface area contributed by atoms with Gasteiger partial charge in [-0.1, -0.05) is 23.7 Å². The van der Waals surface area contributed by atoms with Gasteiger partial charge in [0.05, 0.1) is 29.5 Å². The summed E-state index contributed by atoms with van der Waals surface area (Å²) in [5, 5.41) is 13.9. The lowest BCUT2D eigenvalue weighted by Crippen LogP contribution is -2.21. The number of sulfonamides is 1. The highest BCUT2D eigenvalue weighted by Crippen LogP contribution is 2.25. The number of phenols is 1. The van der Waals surface area contributed by atoms with Crippen molar-refractivity contribution in [3.63, 3.8) is 0 Å². The number of aromatic hydroxyl groups is 1. The maximum absolute atomic E-state index is 12.6. The number of carbonyl (C=O) groups is 1. The van der Waals surface area contributed by atoms with Crippen LogP contribution < -0.4 is 14.9 Å². The third-order valence-electron chi connectivity index (χ3n) is 4.12. The molecule has 0 saturated carbocycles. The highest BCUT2D eigenvalue weighted by atomic mass is 35.5. The summed E-state index contributed by atoms with van der Waals surface area (Å²) in [7, 11) is -2.51. The second kappa shape index (κ2) is 9.50. The fraction of sp³-hybridized carbons (Fsp3) is 0.0476. The van der Waals surface area contributed by atoms with Gasteiger partial charge in [-0.15, -0.1) is 0 Å². The Kier molecular flexibility index (Phi) is 6.78. The minimum Gasteiger partial charge on any atom is -0.504 e. The van der Waals surface area contributed by atoms with Crippen molar-refractivity contribution in [3.8, 4) is 11.5 Å². The molecule has 3 N–H and O–H groups in total. The lowest BCUT2D eigenvalue weighted by molar-refractivity contribution is 0.0956. The number of hydrazone groups is 1. The van der Waals surface area contributed by atoms with E-state index in [4.69, 9.17) is 16.3 Å². The molecule has 0 bridgehead atoms. The quantitative estimate of drug-likeness (QED) is 0.368. The number of hydrogen-bond donors (Lipinski definition) is 3. The van der Waals surface area contributed by atoms with Crippen LogP contribution in [0, 0.1) is 0 Å². The predicted molar refractivity (Wildman–Crippen MR) is 118 cm³/mol. The molecule has 3 aromatic carbocycles. The van der Waals surface area contributed by atoms with E-state index in [0.29, 0.717) is 10.6 Å². The van der Waals surface area contributed by atoms with Crippen molar-refractivity contribution in [1.82, 2.24) is 5.43 Å². The number of phenolic OH excluding ortho intramolecular Hbond substituents is 1. The Hall–Kier alpha value is -3.56.